The third-order valence-corrected chi connectivity index (χ3v) is 2.95. The summed E-state index contributed by atoms with van der Waals surface area (Å²) >= 11 is 3.42. The van der Waals surface area contributed by atoms with Crippen LogP contribution in [-0.2, 0) is 0 Å². The number of rotatable bonds is 5. The zero-order chi connectivity index (χ0) is 11.3. The highest BCUT2D eigenvalue weighted by Gasteiger charge is 2.07. The first-order chi connectivity index (χ1) is 7.17. The number of hydrogen-bond donors (Lipinski definition) is 1. The van der Waals surface area contributed by atoms with Crippen molar-refractivity contribution in [2.45, 2.75) is 46.1 Å². The molecule has 0 radical (unpaired) electrons. The second-order valence-electron chi connectivity index (χ2n) is 3.86. The maximum Gasteiger partial charge on any atom is 0.129 e. The Labute approximate surface area is 101 Å². The van der Waals surface area contributed by atoms with Crippen LogP contribution in [0.1, 0.15) is 38.7 Å². The van der Waals surface area contributed by atoms with Crippen LogP contribution in [-0.4, -0.2) is 11.0 Å². The molecule has 1 rings (SSSR count). The number of anilines is 1. The van der Waals surface area contributed by atoms with Gasteiger partial charge in [0.25, 0.3) is 0 Å². The van der Waals surface area contributed by atoms with Gasteiger partial charge in [0.1, 0.15) is 5.82 Å². The molecule has 0 aliphatic carbocycles. The summed E-state index contributed by atoms with van der Waals surface area (Å²) in [7, 11) is 0. The molecule has 0 aliphatic rings. The highest BCUT2D eigenvalue weighted by atomic mass is 79.9. The quantitative estimate of drug-likeness (QED) is 0.870. The smallest absolute Gasteiger partial charge is 0.129 e. The normalized spacial score (nSPS) is 12.5. The lowest BCUT2D eigenvalue weighted by Crippen LogP contribution is -2.19. The van der Waals surface area contributed by atoms with Crippen molar-refractivity contribution in [1.82, 2.24) is 4.98 Å². The molecule has 0 amide bonds. The Morgan fingerprint density at radius 2 is 2.20 bits per heavy atom. The summed E-state index contributed by atoms with van der Waals surface area (Å²) in [6.45, 7) is 6.51. The fourth-order valence-corrected chi connectivity index (χ4v) is 2.06. The van der Waals surface area contributed by atoms with E-state index in [9.17, 15) is 0 Å². The average molecular weight is 271 g/mol. The summed E-state index contributed by atoms with van der Waals surface area (Å²) < 4.78 is 1.04. The van der Waals surface area contributed by atoms with Crippen molar-refractivity contribution >= 4 is 21.7 Å². The molecule has 15 heavy (non-hydrogen) atoms. The van der Waals surface area contributed by atoms with Gasteiger partial charge in [-0.05, 0) is 47.3 Å². The standard InChI is InChI=1S/C12H19BrN2/c1-4-6-11(5-2)15-12-9(3)7-10(13)8-14-12/h7-8,11H,4-6H2,1-3H3,(H,14,15). The minimum absolute atomic E-state index is 0.544. The van der Waals surface area contributed by atoms with Crippen molar-refractivity contribution in [3.05, 3.63) is 22.3 Å². The molecule has 2 nitrogen and oxygen atoms in total. The maximum absolute atomic E-state index is 4.39. The highest BCUT2D eigenvalue weighted by Crippen LogP contribution is 2.18. The van der Waals surface area contributed by atoms with Crippen LogP contribution in [0.4, 0.5) is 5.82 Å². The Morgan fingerprint density at radius 1 is 1.47 bits per heavy atom. The Kier molecular flexibility index (Phi) is 5.09. The van der Waals surface area contributed by atoms with E-state index in [1.54, 1.807) is 0 Å². The third-order valence-electron chi connectivity index (χ3n) is 2.52. The van der Waals surface area contributed by atoms with E-state index >= 15 is 0 Å². The first-order valence-corrected chi connectivity index (χ1v) is 6.35. The van der Waals surface area contributed by atoms with Gasteiger partial charge in [0.05, 0.1) is 0 Å². The van der Waals surface area contributed by atoms with Crippen molar-refractivity contribution < 1.29 is 0 Å². The van der Waals surface area contributed by atoms with Gasteiger partial charge in [0, 0.05) is 16.7 Å². The number of aryl methyl sites for hydroxylation is 1. The third kappa shape index (κ3) is 3.82. The Hall–Kier alpha value is -0.570. The van der Waals surface area contributed by atoms with E-state index < -0.39 is 0 Å². The maximum atomic E-state index is 4.39. The summed E-state index contributed by atoms with van der Waals surface area (Å²) in [4.78, 5) is 4.39. The molecule has 0 spiro atoms. The Balaban J connectivity index is 2.70. The molecular formula is C12H19BrN2. The molecule has 0 fully saturated rings. The second-order valence-corrected chi connectivity index (χ2v) is 4.77. The summed E-state index contributed by atoms with van der Waals surface area (Å²) in [5.74, 6) is 1.01. The van der Waals surface area contributed by atoms with Gasteiger partial charge in [-0.15, -0.1) is 0 Å². The molecule has 84 valence electrons. The van der Waals surface area contributed by atoms with Gasteiger partial charge in [-0.1, -0.05) is 20.3 Å². The summed E-state index contributed by atoms with van der Waals surface area (Å²) in [6, 6.07) is 2.64. The van der Waals surface area contributed by atoms with Crippen molar-refractivity contribution in [2.24, 2.45) is 0 Å². The molecule has 1 unspecified atom stereocenters. The number of hydrogen-bond acceptors (Lipinski definition) is 2. The average Bonchev–Trinajstić information content (AvgIpc) is 2.21. The molecule has 1 N–H and O–H groups in total. The molecule has 1 aromatic heterocycles. The van der Waals surface area contributed by atoms with Crippen LogP contribution in [0, 0.1) is 6.92 Å². The van der Waals surface area contributed by atoms with Gasteiger partial charge in [0.15, 0.2) is 0 Å². The van der Waals surface area contributed by atoms with Crippen molar-refractivity contribution in [1.29, 1.82) is 0 Å². The van der Waals surface area contributed by atoms with Crippen LogP contribution in [0.25, 0.3) is 0 Å². The lowest BCUT2D eigenvalue weighted by Gasteiger charge is -2.18. The Morgan fingerprint density at radius 3 is 2.73 bits per heavy atom. The molecule has 0 saturated heterocycles. The van der Waals surface area contributed by atoms with Gasteiger partial charge in [-0.25, -0.2) is 4.98 Å². The van der Waals surface area contributed by atoms with Crippen LogP contribution < -0.4 is 5.32 Å². The first kappa shape index (κ1) is 12.5. The van der Waals surface area contributed by atoms with Gasteiger partial charge < -0.3 is 5.32 Å². The van der Waals surface area contributed by atoms with E-state index in [1.165, 1.54) is 18.4 Å². The minimum atomic E-state index is 0.544. The van der Waals surface area contributed by atoms with Gasteiger partial charge in [-0.3, -0.25) is 0 Å². The molecule has 1 atom stereocenters. The summed E-state index contributed by atoms with van der Waals surface area (Å²) in [5, 5.41) is 3.49. The van der Waals surface area contributed by atoms with E-state index in [1.807, 2.05) is 6.20 Å². The van der Waals surface area contributed by atoms with Crippen molar-refractivity contribution in [3.8, 4) is 0 Å². The lowest BCUT2D eigenvalue weighted by molar-refractivity contribution is 0.620. The van der Waals surface area contributed by atoms with Crippen LogP contribution in [0.5, 0.6) is 0 Å². The number of aromatic nitrogens is 1. The molecule has 0 aliphatic heterocycles. The predicted octanol–water partition coefficient (Wildman–Crippen LogP) is 4.14. The second kappa shape index (κ2) is 6.11. The molecule has 0 aromatic carbocycles. The van der Waals surface area contributed by atoms with Gasteiger partial charge in [0.2, 0.25) is 0 Å². The number of nitrogens with one attached hydrogen (secondary N) is 1. The number of pyridine rings is 1. The fourth-order valence-electron chi connectivity index (χ4n) is 1.61. The largest absolute Gasteiger partial charge is 0.367 e. The first-order valence-electron chi connectivity index (χ1n) is 5.56. The summed E-state index contributed by atoms with van der Waals surface area (Å²) in [5.41, 5.74) is 1.19. The van der Waals surface area contributed by atoms with E-state index in [-0.39, 0.29) is 0 Å². The van der Waals surface area contributed by atoms with Crippen LogP contribution in [0.3, 0.4) is 0 Å². The monoisotopic (exact) mass is 270 g/mol. The predicted molar refractivity (Wildman–Crippen MR) is 69.3 cm³/mol. The SMILES string of the molecule is CCCC(CC)Nc1ncc(Br)cc1C. The number of nitrogens with zero attached hydrogens (tertiary/aromatic N) is 1. The Bertz CT molecular complexity index is 312. The fraction of sp³-hybridized carbons (Fsp3) is 0.583. The lowest BCUT2D eigenvalue weighted by atomic mass is 10.1. The van der Waals surface area contributed by atoms with E-state index in [0.717, 1.165) is 16.7 Å². The number of halogens is 1. The van der Waals surface area contributed by atoms with Crippen molar-refractivity contribution in [2.75, 3.05) is 5.32 Å². The van der Waals surface area contributed by atoms with E-state index in [4.69, 9.17) is 0 Å². The molecule has 0 bridgehead atoms. The zero-order valence-electron chi connectivity index (χ0n) is 9.68. The molecule has 1 heterocycles. The topological polar surface area (TPSA) is 24.9 Å². The minimum Gasteiger partial charge on any atom is -0.367 e. The van der Waals surface area contributed by atoms with Crippen LogP contribution >= 0.6 is 15.9 Å². The van der Waals surface area contributed by atoms with Gasteiger partial charge >= 0.3 is 0 Å². The molecule has 0 saturated carbocycles. The van der Waals surface area contributed by atoms with Crippen LogP contribution in [0.15, 0.2) is 16.7 Å². The molecule has 3 heteroatoms. The summed E-state index contributed by atoms with van der Waals surface area (Å²) in [6.07, 6.45) is 5.40. The van der Waals surface area contributed by atoms with Crippen LogP contribution in [0.2, 0.25) is 0 Å². The van der Waals surface area contributed by atoms with E-state index in [0.29, 0.717) is 6.04 Å². The molecular weight excluding hydrogens is 252 g/mol. The van der Waals surface area contributed by atoms with Crippen molar-refractivity contribution in [3.63, 3.8) is 0 Å². The highest BCUT2D eigenvalue weighted by molar-refractivity contribution is 9.10. The van der Waals surface area contributed by atoms with Gasteiger partial charge in [-0.2, -0.15) is 0 Å². The molecule has 1 aromatic rings. The van der Waals surface area contributed by atoms with E-state index in [2.05, 4.69) is 53.1 Å². The zero-order valence-corrected chi connectivity index (χ0v) is 11.3.